The molecule has 13 heavy (non-hydrogen) atoms. The van der Waals surface area contributed by atoms with Crippen LogP contribution in [0.3, 0.4) is 0 Å². The highest BCUT2D eigenvalue weighted by Gasteiger charge is 2.36. The molecular weight excluding hydrogens is 166 g/mol. The van der Waals surface area contributed by atoms with Gasteiger partial charge in [0.2, 0.25) is 0 Å². The Bertz CT molecular complexity index is 170. The van der Waals surface area contributed by atoms with Crippen LogP contribution in [0.15, 0.2) is 0 Å². The van der Waals surface area contributed by atoms with E-state index in [1.165, 1.54) is 6.92 Å². The molecule has 0 aromatic heterocycles. The highest BCUT2D eigenvalue weighted by atomic mass is 16.3. The molecule has 0 saturated heterocycles. The number of ketones is 1. The second-order valence-electron chi connectivity index (χ2n) is 3.44. The molecule has 1 fully saturated rings. The average Bonchev–Trinajstić information content (AvgIpc) is 2.07. The molecule has 78 valence electrons. The zero-order valence-corrected chi connectivity index (χ0v) is 8.84. The summed E-state index contributed by atoms with van der Waals surface area (Å²) in [6.45, 7) is 5.43. The summed E-state index contributed by atoms with van der Waals surface area (Å²) in [4.78, 5) is 11.0. The monoisotopic (exact) mass is 187 g/mol. The molecule has 2 atom stereocenters. The van der Waals surface area contributed by atoms with Crippen LogP contribution in [-0.4, -0.2) is 22.5 Å². The summed E-state index contributed by atoms with van der Waals surface area (Å²) in [6.07, 6.45) is 2.80. The first kappa shape index (κ1) is 12.6. The van der Waals surface area contributed by atoms with Crippen molar-refractivity contribution in [2.24, 2.45) is 5.73 Å². The molecule has 3 nitrogen and oxygen atoms in total. The highest BCUT2D eigenvalue weighted by Crippen LogP contribution is 2.27. The fraction of sp³-hybridized carbons (Fsp3) is 0.900. The van der Waals surface area contributed by atoms with Gasteiger partial charge in [0.1, 0.15) is 5.60 Å². The summed E-state index contributed by atoms with van der Waals surface area (Å²) in [5.74, 6) is -0.146. The number of carbonyl (C=O) groups is 1. The highest BCUT2D eigenvalue weighted by molar-refractivity contribution is 5.84. The third-order valence-electron chi connectivity index (χ3n) is 2.42. The molecule has 1 aliphatic carbocycles. The second kappa shape index (κ2) is 5.35. The molecule has 0 aromatic carbocycles. The maximum atomic E-state index is 11.0. The lowest BCUT2D eigenvalue weighted by atomic mass is 9.80. The summed E-state index contributed by atoms with van der Waals surface area (Å²) in [5, 5.41) is 9.69. The minimum Gasteiger partial charge on any atom is -0.382 e. The average molecular weight is 187 g/mol. The van der Waals surface area contributed by atoms with Gasteiger partial charge in [0.05, 0.1) is 0 Å². The first-order chi connectivity index (χ1) is 6.04. The molecule has 3 heteroatoms. The van der Waals surface area contributed by atoms with Gasteiger partial charge in [-0.25, -0.2) is 0 Å². The first-order valence-electron chi connectivity index (χ1n) is 5.03. The van der Waals surface area contributed by atoms with Crippen molar-refractivity contribution in [3.8, 4) is 0 Å². The van der Waals surface area contributed by atoms with Gasteiger partial charge in [-0.15, -0.1) is 0 Å². The summed E-state index contributed by atoms with van der Waals surface area (Å²) >= 11 is 0. The maximum absolute atomic E-state index is 11.0. The molecule has 0 amide bonds. The molecule has 0 aliphatic heterocycles. The van der Waals surface area contributed by atoms with Crippen LogP contribution in [0.5, 0.6) is 0 Å². The summed E-state index contributed by atoms with van der Waals surface area (Å²) in [7, 11) is 0. The van der Waals surface area contributed by atoms with Crippen LogP contribution in [0.2, 0.25) is 0 Å². The lowest BCUT2D eigenvalue weighted by molar-refractivity contribution is -0.138. The predicted octanol–water partition coefficient (Wildman–Crippen LogP) is 1.23. The zero-order chi connectivity index (χ0) is 10.5. The fourth-order valence-electron chi connectivity index (χ4n) is 1.61. The summed E-state index contributed by atoms with van der Waals surface area (Å²) in [5.41, 5.74) is 4.52. The van der Waals surface area contributed by atoms with Crippen molar-refractivity contribution < 1.29 is 9.90 Å². The minimum atomic E-state index is -1.11. The molecule has 1 rings (SSSR count). The lowest BCUT2D eigenvalue weighted by Gasteiger charge is -2.32. The van der Waals surface area contributed by atoms with Crippen LogP contribution in [0.4, 0.5) is 0 Å². The number of carbonyl (C=O) groups excluding carboxylic acids is 1. The molecule has 1 saturated carbocycles. The van der Waals surface area contributed by atoms with Gasteiger partial charge in [0, 0.05) is 6.04 Å². The smallest absolute Gasteiger partial charge is 0.161 e. The number of aliphatic hydroxyl groups is 1. The topological polar surface area (TPSA) is 63.3 Å². The van der Waals surface area contributed by atoms with Crippen molar-refractivity contribution in [1.29, 1.82) is 0 Å². The van der Waals surface area contributed by atoms with Crippen molar-refractivity contribution in [3.05, 3.63) is 0 Å². The largest absolute Gasteiger partial charge is 0.382 e. The van der Waals surface area contributed by atoms with Gasteiger partial charge in [-0.3, -0.25) is 4.79 Å². The van der Waals surface area contributed by atoms with Gasteiger partial charge in [0.25, 0.3) is 0 Å². The molecule has 3 N–H and O–H groups in total. The number of Topliss-reactive ketones (excluding diaryl/α,β-unsaturated/α-hetero) is 1. The molecule has 0 bridgehead atoms. The maximum Gasteiger partial charge on any atom is 0.161 e. The Morgan fingerprint density at radius 3 is 2.38 bits per heavy atom. The van der Waals surface area contributed by atoms with Gasteiger partial charge < -0.3 is 10.8 Å². The lowest BCUT2D eigenvalue weighted by Crippen LogP contribution is -2.46. The van der Waals surface area contributed by atoms with Crippen LogP contribution in [0, 0.1) is 0 Å². The quantitative estimate of drug-likeness (QED) is 0.649. The van der Waals surface area contributed by atoms with E-state index in [4.69, 9.17) is 5.73 Å². The minimum absolute atomic E-state index is 0.00218. The van der Waals surface area contributed by atoms with E-state index >= 15 is 0 Å². The first-order valence-corrected chi connectivity index (χ1v) is 5.03. The van der Waals surface area contributed by atoms with E-state index in [1.807, 2.05) is 13.8 Å². The Balaban J connectivity index is 0.000000671. The number of rotatable bonds is 1. The van der Waals surface area contributed by atoms with Crippen LogP contribution < -0.4 is 5.73 Å². The van der Waals surface area contributed by atoms with Crippen LogP contribution in [0.1, 0.15) is 46.5 Å². The third-order valence-corrected chi connectivity index (χ3v) is 2.42. The van der Waals surface area contributed by atoms with E-state index in [2.05, 4.69) is 0 Å². The van der Waals surface area contributed by atoms with Gasteiger partial charge in [-0.1, -0.05) is 13.8 Å². The number of hydrogen-bond donors (Lipinski definition) is 2. The molecule has 0 radical (unpaired) electrons. The molecule has 1 aliphatic rings. The molecule has 0 heterocycles. The van der Waals surface area contributed by atoms with Gasteiger partial charge in [-0.2, -0.15) is 0 Å². The van der Waals surface area contributed by atoms with E-state index in [0.717, 1.165) is 12.8 Å². The Labute approximate surface area is 80.3 Å². The SMILES string of the molecule is CC.CC(=O)C1(O)CCCC(N)C1. The Kier molecular flexibility index (Phi) is 5.18. The Morgan fingerprint density at radius 2 is 2.08 bits per heavy atom. The van der Waals surface area contributed by atoms with E-state index < -0.39 is 5.60 Å². The zero-order valence-electron chi connectivity index (χ0n) is 8.84. The molecular formula is C10H21NO2. The fourth-order valence-corrected chi connectivity index (χ4v) is 1.61. The van der Waals surface area contributed by atoms with Crippen molar-refractivity contribution in [3.63, 3.8) is 0 Å². The van der Waals surface area contributed by atoms with Crippen molar-refractivity contribution in [2.45, 2.75) is 58.1 Å². The van der Waals surface area contributed by atoms with E-state index in [1.54, 1.807) is 0 Å². The van der Waals surface area contributed by atoms with E-state index in [0.29, 0.717) is 12.8 Å². The standard InChI is InChI=1S/C8H15NO2.C2H6/c1-6(10)8(11)4-2-3-7(9)5-8;1-2/h7,11H,2-5,9H2,1H3;1-2H3. The summed E-state index contributed by atoms with van der Waals surface area (Å²) < 4.78 is 0. The van der Waals surface area contributed by atoms with Crippen molar-refractivity contribution >= 4 is 5.78 Å². The predicted molar refractivity (Wildman–Crippen MR) is 53.4 cm³/mol. The second-order valence-corrected chi connectivity index (χ2v) is 3.44. The van der Waals surface area contributed by atoms with Crippen LogP contribution in [-0.2, 0) is 4.79 Å². The molecule has 0 aromatic rings. The van der Waals surface area contributed by atoms with Gasteiger partial charge in [-0.05, 0) is 32.6 Å². The third kappa shape index (κ3) is 3.44. The van der Waals surface area contributed by atoms with Crippen molar-refractivity contribution in [2.75, 3.05) is 0 Å². The Morgan fingerprint density at radius 1 is 1.54 bits per heavy atom. The Hall–Kier alpha value is -0.410. The number of hydrogen-bond acceptors (Lipinski definition) is 3. The van der Waals surface area contributed by atoms with Crippen LogP contribution >= 0.6 is 0 Å². The van der Waals surface area contributed by atoms with Gasteiger partial charge >= 0.3 is 0 Å². The van der Waals surface area contributed by atoms with Crippen molar-refractivity contribution in [1.82, 2.24) is 0 Å². The van der Waals surface area contributed by atoms with Crippen LogP contribution in [0.25, 0.3) is 0 Å². The van der Waals surface area contributed by atoms with Gasteiger partial charge in [0.15, 0.2) is 5.78 Å². The molecule has 2 unspecified atom stereocenters. The normalized spacial score (nSPS) is 33.2. The summed E-state index contributed by atoms with van der Waals surface area (Å²) in [6, 6.07) is -0.00218. The van der Waals surface area contributed by atoms with E-state index in [-0.39, 0.29) is 11.8 Å². The number of nitrogens with two attached hydrogens (primary N) is 1. The molecule has 0 spiro atoms. The van der Waals surface area contributed by atoms with E-state index in [9.17, 15) is 9.90 Å².